The molecule has 2 aromatic carbocycles. The van der Waals surface area contributed by atoms with Gasteiger partial charge in [0.05, 0.1) is 10.4 Å². The highest BCUT2D eigenvalue weighted by atomic mass is 32.2. The summed E-state index contributed by atoms with van der Waals surface area (Å²) in [5.74, 6) is -0.855. The maximum Gasteiger partial charge on any atom is 0.294 e. The molecular formula is C27H29N3O3S. The Morgan fingerprint density at radius 1 is 1.09 bits per heavy atom. The predicted molar refractivity (Wildman–Crippen MR) is 140 cm³/mol. The van der Waals surface area contributed by atoms with Gasteiger partial charge in [0, 0.05) is 24.0 Å². The number of hydrogen-bond donors (Lipinski definition) is 1. The number of amides is 3. The Balaban J connectivity index is 1.56. The smallest absolute Gasteiger partial charge is 0.294 e. The molecule has 0 spiro atoms. The summed E-state index contributed by atoms with van der Waals surface area (Å²) in [4.78, 5) is 41.6. The van der Waals surface area contributed by atoms with Crippen molar-refractivity contribution in [3.8, 4) is 0 Å². The Bertz CT molecular complexity index is 1280. The molecule has 6 nitrogen and oxygen atoms in total. The number of allylic oxidation sites excluding steroid dienone is 1. The highest BCUT2D eigenvalue weighted by Gasteiger charge is 2.36. The van der Waals surface area contributed by atoms with E-state index in [0.717, 1.165) is 44.6 Å². The molecule has 2 aliphatic rings. The molecule has 1 saturated heterocycles. The van der Waals surface area contributed by atoms with Crippen molar-refractivity contribution < 1.29 is 14.4 Å². The lowest BCUT2D eigenvalue weighted by molar-refractivity contribution is -0.127. The zero-order valence-electron chi connectivity index (χ0n) is 20.4. The number of carbonyl (C=O) groups excluding carboxylic acids is 3. The standard InChI is InChI=1S/C27H29N3O3S/c1-16-9-7-8-10-21(16)28-24(31)15-30-25(32)23(34-26(30)33)13-19-12-20-18(3)14-27(4,5)29(6)22(20)11-17(19)2/h7-14H,15H2,1-6H3,(H,28,31)/b23-13+. The molecule has 0 atom stereocenters. The van der Waals surface area contributed by atoms with E-state index in [1.165, 1.54) is 5.57 Å². The van der Waals surface area contributed by atoms with Crippen LogP contribution in [-0.2, 0) is 9.59 Å². The van der Waals surface area contributed by atoms with Crippen LogP contribution in [-0.4, -0.2) is 41.1 Å². The van der Waals surface area contributed by atoms with Crippen LogP contribution in [0, 0.1) is 13.8 Å². The van der Waals surface area contributed by atoms with Gasteiger partial charge in [-0.3, -0.25) is 19.3 Å². The number of para-hydroxylation sites is 1. The lowest BCUT2D eigenvalue weighted by Gasteiger charge is -2.41. The van der Waals surface area contributed by atoms with Crippen molar-refractivity contribution in [1.29, 1.82) is 0 Å². The molecule has 0 aromatic heterocycles. The fraction of sp³-hybridized carbons (Fsp3) is 0.296. The van der Waals surface area contributed by atoms with E-state index in [9.17, 15) is 14.4 Å². The number of nitrogens with zero attached hydrogens (tertiary/aromatic N) is 2. The molecule has 176 valence electrons. The molecule has 0 bridgehead atoms. The summed E-state index contributed by atoms with van der Waals surface area (Å²) in [5, 5.41) is 2.34. The molecule has 3 amide bonds. The van der Waals surface area contributed by atoms with E-state index in [4.69, 9.17) is 0 Å². The van der Waals surface area contributed by atoms with Gasteiger partial charge in [-0.2, -0.15) is 0 Å². The first-order chi connectivity index (χ1) is 16.0. The number of thioether (sulfide) groups is 1. The second-order valence-electron chi connectivity index (χ2n) is 9.40. The van der Waals surface area contributed by atoms with Gasteiger partial charge in [0.15, 0.2) is 0 Å². The van der Waals surface area contributed by atoms with Crippen molar-refractivity contribution in [3.05, 3.63) is 69.6 Å². The Morgan fingerprint density at radius 3 is 2.50 bits per heavy atom. The van der Waals surface area contributed by atoms with Gasteiger partial charge in [-0.1, -0.05) is 24.3 Å². The van der Waals surface area contributed by atoms with Gasteiger partial charge in [0.2, 0.25) is 5.91 Å². The third-order valence-electron chi connectivity index (χ3n) is 6.49. The fourth-order valence-electron chi connectivity index (χ4n) is 4.30. The van der Waals surface area contributed by atoms with E-state index in [0.29, 0.717) is 10.6 Å². The van der Waals surface area contributed by atoms with Crippen LogP contribution in [0.15, 0.2) is 47.4 Å². The first-order valence-corrected chi connectivity index (χ1v) is 12.0. The molecule has 2 aromatic rings. The second-order valence-corrected chi connectivity index (χ2v) is 10.4. The van der Waals surface area contributed by atoms with Crippen LogP contribution in [0.25, 0.3) is 11.6 Å². The fourth-order valence-corrected chi connectivity index (χ4v) is 5.13. The van der Waals surface area contributed by atoms with Gasteiger partial charge >= 0.3 is 0 Å². The van der Waals surface area contributed by atoms with Gasteiger partial charge in [-0.15, -0.1) is 0 Å². The van der Waals surface area contributed by atoms with Crippen molar-refractivity contribution in [1.82, 2.24) is 4.90 Å². The molecule has 7 heteroatoms. The molecule has 0 unspecified atom stereocenters. The van der Waals surface area contributed by atoms with Gasteiger partial charge in [0.25, 0.3) is 11.1 Å². The van der Waals surface area contributed by atoms with E-state index in [2.05, 4.69) is 56.2 Å². The van der Waals surface area contributed by atoms with E-state index in [-0.39, 0.29) is 12.1 Å². The van der Waals surface area contributed by atoms with Gasteiger partial charge in [0.1, 0.15) is 6.54 Å². The highest BCUT2D eigenvalue weighted by molar-refractivity contribution is 8.18. The molecular weight excluding hydrogens is 446 g/mol. The number of imide groups is 1. The number of benzene rings is 2. The number of fused-ring (bicyclic) bond motifs is 1. The predicted octanol–water partition coefficient (Wildman–Crippen LogP) is 5.61. The minimum Gasteiger partial charge on any atom is -0.365 e. The Hall–Kier alpha value is -3.32. The summed E-state index contributed by atoms with van der Waals surface area (Å²) in [7, 11) is 2.08. The topological polar surface area (TPSA) is 69.7 Å². The summed E-state index contributed by atoms with van der Waals surface area (Å²) < 4.78 is 0. The van der Waals surface area contributed by atoms with E-state index < -0.39 is 17.1 Å². The van der Waals surface area contributed by atoms with Crippen molar-refractivity contribution in [2.24, 2.45) is 0 Å². The van der Waals surface area contributed by atoms with Crippen molar-refractivity contribution in [2.75, 3.05) is 23.8 Å². The number of likely N-dealkylation sites (N-methyl/N-ethyl adjacent to an activating group) is 1. The zero-order chi connectivity index (χ0) is 24.8. The summed E-state index contributed by atoms with van der Waals surface area (Å²) in [6.45, 7) is 10.0. The van der Waals surface area contributed by atoms with Crippen molar-refractivity contribution in [2.45, 2.75) is 40.2 Å². The van der Waals surface area contributed by atoms with Crippen LogP contribution >= 0.6 is 11.8 Å². The normalized spacial score (nSPS) is 18.3. The molecule has 0 saturated carbocycles. The third kappa shape index (κ3) is 4.40. The summed E-state index contributed by atoms with van der Waals surface area (Å²) in [6.07, 6.45) is 3.99. The minimum absolute atomic E-state index is 0.0907. The third-order valence-corrected chi connectivity index (χ3v) is 7.39. The van der Waals surface area contributed by atoms with Gasteiger partial charge in [-0.05, 0) is 92.9 Å². The molecule has 2 aliphatic heterocycles. The van der Waals surface area contributed by atoms with Crippen LogP contribution in [0.4, 0.5) is 16.2 Å². The maximum atomic E-state index is 13.0. The number of anilines is 2. The van der Waals surface area contributed by atoms with E-state index in [1.807, 2.05) is 32.0 Å². The number of rotatable bonds is 4. The van der Waals surface area contributed by atoms with Crippen LogP contribution in [0.1, 0.15) is 43.0 Å². The van der Waals surface area contributed by atoms with Gasteiger partial charge in [-0.25, -0.2) is 0 Å². The summed E-state index contributed by atoms with van der Waals surface area (Å²) >= 11 is 0.869. The molecule has 0 radical (unpaired) electrons. The molecule has 1 fully saturated rings. The SMILES string of the molecule is CC1=CC(C)(C)N(C)c2cc(C)c(/C=C3/SC(=O)N(CC(=O)Nc4ccccc4C)C3=O)cc21. The van der Waals surface area contributed by atoms with Crippen molar-refractivity contribution in [3.63, 3.8) is 0 Å². The van der Waals surface area contributed by atoms with Crippen LogP contribution in [0.2, 0.25) is 0 Å². The Kier molecular flexibility index (Phi) is 6.16. The summed E-state index contributed by atoms with van der Waals surface area (Å²) in [6, 6.07) is 11.6. The van der Waals surface area contributed by atoms with E-state index >= 15 is 0 Å². The quantitative estimate of drug-likeness (QED) is 0.582. The summed E-state index contributed by atoms with van der Waals surface area (Å²) in [5.41, 5.74) is 6.80. The molecule has 0 aliphatic carbocycles. The van der Waals surface area contributed by atoms with E-state index in [1.54, 1.807) is 12.1 Å². The Morgan fingerprint density at radius 2 is 1.79 bits per heavy atom. The Labute approximate surface area is 204 Å². The zero-order valence-corrected chi connectivity index (χ0v) is 21.2. The first-order valence-electron chi connectivity index (χ1n) is 11.2. The second kappa shape index (κ2) is 8.80. The molecule has 34 heavy (non-hydrogen) atoms. The first kappa shape index (κ1) is 23.8. The average Bonchev–Trinajstić information content (AvgIpc) is 3.02. The molecule has 1 N–H and O–H groups in total. The van der Waals surface area contributed by atoms with Crippen molar-refractivity contribution >= 4 is 51.8 Å². The highest BCUT2D eigenvalue weighted by Crippen LogP contribution is 2.40. The van der Waals surface area contributed by atoms with Gasteiger partial charge < -0.3 is 10.2 Å². The number of nitrogens with one attached hydrogen (secondary N) is 1. The number of hydrogen-bond acceptors (Lipinski definition) is 5. The lowest BCUT2D eigenvalue weighted by Crippen LogP contribution is -2.42. The van der Waals surface area contributed by atoms with Crippen LogP contribution in [0.3, 0.4) is 0 Å². The molecule has 2 heterocycles. The lowest BCUT2D eigenvalue weighted by atomic mass is 9.87. The average molecular weight is 476 g/mol. The monoisotopic (exact) mass is 475 g/mol. The largest absolute Gasteiger partial charge is 0.365 e. The minimum atomic E-state index is -0.447. The number of aryl methyl sites for hydroxylation is 2. The number of carbonyl (C=O) groups is 3. The maximum absolute atomic E-state index is 13.0. The van der Waals surface area contributed by atoms with Crippen LogP contribution < -0.4 is 10.2 Å². The van der Waals surface area contributed by atoms with Crippen LogP contribution in [0.5, 0.6) is 0 Å². The molecule has 4 rings (SSSR count).